The highest BCUT2D eigenvalue weighted by molar-refractivity contribution is 6.42. The number of nitrogens with one attached hydrogen (secondary N) is 2. The molecule has 166 valence electrons. The molecule has 1 aliphatic carbocycles. The van der Waals surface area contributed by atoms with Crippen molar-refractivity contribution >= 4 is 29.2 Å². The smallest absolute Gasteiger partial charge is 0.317 e. The van der Waals surface area contributed by atoms with Crippen molar-refractivity contribution in [3.8, 4) is 0 Å². The summed E-state index contributed by atoms with van der Waals surface area (Å²) in [6, 6.07) is 6.14. The Morgan fingerprint density at radius 1 is 1.17 bits per heavy atom. The number of benzene rings is 1. The van der Waals surface area contributed by atoms with E-state index in [9.17, 15) is 4.79 Å². The highest BCUT2D eigenvalue weighted by atomic mass is 35.5. The standard InChI is InChI=1S/C23H34Cl2N4O/c1-22(27-21(30)28-13-4-14-28)9-7-17(8-10-22)23(2,29-15-11-26-12-16-29)18-5-3-6-19(24)20(18)25/h3,5-6,17,26H,4,7-16H2,1-2H3,(H,27,30). The second-order valence-corrected chi connectivity index (χ2v) is 10.4. The van der Waals surface area contributed by atoms with E-state index >= 15 is 0 Å². The summed E-state index contributed by atoms with van der Waals surface area (Å²) in [5.74, 6) is 0.459. The van der Waals surface area contributed by atoms with Crippen molar-refractivity contribution in [2.24, 2.45) is 5.92 Å². The first-order chi connectivity index (χ1) is 14.3. The molecule has 1 aromatic carbocycles. The van der Waals surface area contributed by atoms with E-state index < -0.39 is 0 Å². The number of piperazine rings is 1. The van der Waals surface area contributed by atoms with Gasteiger partial charge in [-0.2, -0.15) is 0 Å². The molecule has 1 aromatic rings. The molecule has 2 aliphatic heterocycles. The monoisotopic (exact) mass is 452 g/mol. The third-order valence-corrected chi connectivity index (χ3v) is 8.53. The first-order valence-corrected chi connectivity index (χ1v) is 12.1. The summed E-state index contributed by atoms with van der Waals surface area (Å²) in [7, 11) is 0. The lowest BCUT2D eigenvalue weighted by atomic mass is 9.67. The molecule has 1 unspecified atom stereocenters. The Hall–Kier alpha value is -1.01. The minimum absolute atomic E-state index is 0.102. The van der Waals surface area contributed by atoms with Crippen LogP contribution in [0.25, 0.3) is 0 Å². The van der Waals surface area contributed by atoms with Gasteiger partial charge in [0.1, 0.15) is 0 Å². The molecule has 7 heteroatoms. The number of likely N-dealkylation sites (tertiary alicyclic amines) is 1. The molecule has 30 heavy (non-hydrogen) atoms. The van der Waals surface area contributed by atoms with Crippen LogP contribution in [-0.2, 0) is 5.54 Å². The molecule has 0 radical (unpaired) electrons. The number of urea groups is 1. The maximum Gasteiger partial charge on any atom is 0.317 e. The van der Waals surface area contributed by atoms with Crippen molar-refractivity contribution in [1.82, 2.24) is 20.4 Å². The third kappa shape index (κ3) is 4.19. The van der Waals surface area contributed by atoms with Gasteiger partial charge in [-0.05, 0) is 63.5 Å². The van der Waals surface area contributed by atoms with Gasteiger partial charge in [-0.15, -0.1) is 0 Å². The molecule has 0 aromatic heterocycles. The molecule has 2 heterocycles. The van der Waals surface area contributed by atoms with Gasteiger partial charge in [-0.1, -0.05) is 35.3 Å². The number of carbonyl (C=O) groups excluding carboxylic acids is 1. The Kier molecular flexibility index (Phi) is 6.55. The van der Waals surface area contributed by atoms with E-state index in [2.05, 4.69) is 35.4 Å². The van der Waals surface area contributed by atoms with Crippen molar-refractivity contribution in [2.45, 2.75) is 57.0 Å². The van der Waals surface area contributed by atoms with E-state index in [1.54, 1.807) is 0 Å². The Morgan fingerprint density at radius 2 is 1.83 bits per heavy atom. The summed E-state index contributed by atoms with van der Waals surface area (Å²) in [5.41, 5.74) is 0.829. The van der Waals surface area contributed by atoms with Crippen LogP contribution in [0.2, 0.25) is 10.0 Å². The summed E-state index contributed by atoms with van der Waals surface area (Å²) >= 11 is 13.2. The Morgan fingerprint density at radius 3 is 2.43 bits per heavy atom. The van der Waals surface area contributed by atoms with Crippen LogP contribution in [0.5, 0.6) is 0 Å². The van der Waals surface area contributed by atoms with Crippen molar-refractivity contribution < 1.29 is 4.79 Å². The number of halogens is 2. The van der Waals surface area contributed by atoms with E-state index in [0.717, 1.165) is 76.9 Å². The first-order valence-electron chi connectivity index (χ1n) is 11.3. The Bertz CT molecular complexity index is 770. The average molecular weight is 453 g/mol. The molecule has 4 rings (SSSR count). The number of hydrogen-bond acceptors (Lipinski definition) is 3. The fraction of sp³-hybridized carbons (Fsp3) is 0.696. The molecule has 2 amide bonds. The SMILES string of the molecule is CC1(NC(=O)N2CCC2)CCC(C(C)(c2cccc(Cl)c2Cl)N2CCNCC2)CC1. The largest absolute Gasteiger partial charge is 0.333 e. The molecule has 0 bridgehead atoms. The maximum absolute atomic E-state index is 12.5. The molecule has 1 atom stereocenters. The zero-order chi connectivity index (χ0) is 21.4. The molecular formula is C23H34Cl2N4O. The highest BCUT2D eigenvalue weighted by Gasteiger charge is 2.46. The van der Waals surface area contributed by atoms with Crippen LogP contribution in [0.1, 0.15) is 51.5 Å². The fourth-order valence-corrected chi connectivity index (χ4v) is 5.96. The van der Waals surface area contributed by atoms with Crippen LogP contribution < -0.4 is 10.6 Å². The van der Waals surface area contributed by atoms with Crippen LogP contribution in [0, 0.1) is 5.92 Å². The Labute approximate surface area is 190 Å². The number of hydrogen-bond donors (Lipinski definition) is 2. The van der Waals surface area contributed by atoms with Gasteiger partial charge >= 0.3 is 6.03 Å². The van der Waals surface area contributed by atoms with Crippen molar-refractivity contribution in [1.29, 1.82) is 0 Å². The third-order valence-electron chi connectivity index (χ3n) is 7.71. The number of carbonyl (C=O) groups is 1. The zero-order valence-corrected chi connectivity index (χ0v) is 19.7. The van der Waals surface area contributed by atoms with E-state index in [1.807, 2.05) is 17.0 Å². The van der Waals surface area contributed by atoms with Crippen LogP contribution in [0.15, 0.2) is 18.2 Å². The predicted molar refractivity (Wildman–Crippen MR) is 123 cm³/mol. The van der Waals surface area contributed by atoms with Crippen LogP contribution in [0.3, 0.4) is 0 Å². The van der Waals surface area contributed by atoms with Gasteiger partial charge in [0.05, 0.1) is 10.0 Å². The molecule has 1 saturated carbocycles. The summed E-state index contributed by atoms with van der Waals surface area (Å²) < 4.78 is 0. The van der Waals surface area contributed by atoms with Crippen molar-refractivity contribution in [2.75, 3.05) is 39.3 Å². The molecule has 2 saturated heterocycles. The zero-order valence-electron chi connectivity index (χ0n) is 18.1. The van der Waals surface area contributed by atoms with Crippen LogP contribution in [-0.4, -0.2) is 60.6 Å². The van der Waals surface area contributed by atoms with Gasteiger partial charge in [0.2, 0.25) is 0 Å². The average Bonchev–Trinajstić information content (AvgIpc) is 2.69. The molecule has 5 nitrogen and oxygen atoms in total. The highest BCUT2D eigenvalue weighted by Crippen LogP contribution is 2.48. The minimum Gasteiger partial charge on any atom is -0.333 e. The van der Waals surface area contributed by atoms with Crippen molar-refractivity contribution in [3.63, 3.8) is 0 Å². The second-order valence-electron chi connectivity index (χ2n) is 9.59. The topological polar surface area (TPSA) is 47.6 Å². The first kappa shape index (κ1) is 22.2. The van der Waals surface area contributed by atoms with E-state index in [0.29, 0.717) is 16.0 Å². The fourth-order valence-electron chi connectivity index (χ4n) is 5.47. The lowest BCUT2D eigenvalue weighted by Crippen LogP contribution is -2.59. The molecular weight excluding hydrogens is 419 g/mol. The van der Waals surface area contributed by atoms with E-state index in [-0.39, 0.29) is 17.1 Å². The van der Waals surface area contributed by atoms with Gasteiger partial charge in [0.25, 0.3) is 0 Å². The van der Waals surface area contributed by atoms with Crippen LogP contribution in [0.4, 0.5) is 4.79 Å². The lowest BCUT2D eigenvalue weighted by molar-refractivity contribution is 0.00468. The van der Waals surface area contributed by atoms with E-state index in [4.69, 9.17) is 23.2 Å². The normalized spacial score (nSPS) is 29.7. The summed E-state index contributed by atoms with van der Waals surface area (Å²) in [6.07, 6.45) is 5.20. The van der Waals surface area contributed by atoms with Gasteiger partial charge in [0, 0.05) is 50.3 Å². The lowest BCUT2D eigenvalue weighted by Gasteiger charge is -2.52. The summed E-state index contributed by atoms with van der Waals surface area (Å²) in [6.45, 7) is 10.3. The molecule has 0 spiro atoms. The minimum atomic E-state index is -0.174. The maximum atomic E-state index is 12.5. The summed E-state index contributed by atoms with van der Waals surface area (Å²) in [4.78, 5) is 17.0. The molecule has 2 N–H and O–H groups in total. The summed E-state index contributed by atoms with van der Waals surface area (Å²) in [5, 5.41) is 8.10. The van der Waals surface area contributed by atoms with Gasteiger partial charge in [-0.25, -0.2) is 4.79 Å². The van der Waals surface area contributed by atoms with Gasteiger partial charge in [0.15, 0.2) is 0 Å². The quantitative estimate of drug-likeness (QED) is 0.707. The van der Waals surface area contributed by atoms with Crippen LogP contribution >= 0.6 is 23.2 Å². The van der Waals surface area contributed by atoms with E-state index in [1.165, 1.54) is 0 Å². The number of rotatable bonds is 4. The predicted octanol–water partition coefficient (Wildman–Crippen LogP) is 4.48. The second kappa shape index (κ2) is 8.85. The molecule has 3 aliphatic rings. The number of amides is 2. The van der Waals surface area contributed by atoms with Gasteiger partial charge < -0.3 is 15.5 Å². The number of nitrogens with zero attached hydrogens (tertiary/aromatic N) is 2. The van der Waals surface area contributed by atoms with Gasteiger partial charge in [-0.3, -0.25) is 4.90 Å². The molecule has 3 fully saturated rings. The Balaban J connectivity index is 1.55. The van der Waals surface area contributed by atoms with Crippen molar-refractivity contribution in [3.05, 3.63) is 33.8 Å².